The van der Waals surface area contributed by atoms with Gasteiger partial charge < -0.3 is 0 Å². The molecule has 0 aliphatic carbocycles. The van der Waals surface area contributed by atoms with E-state index in [1.807, 2.05) is 13.0 Å². The standard InChI is InChI=1S/C18H16F3N5S/c1-4-27-14-5-12(17(2,3)10-22)8-24-16(14)26-9-11-7-23-15(18(19,20)21)6-13(11)25-26/h5-9H,4H2,1-3H3. The number of aromatic nitrogens is 4. The minimum atomic E-state index is -4.52. The highest BCUT2D eigenvalue weighted by Crippen LogP contribution is 2.32. The third-order valence-electron chi connectivity index (χ3n) is 4.03. The molecule has 0 bridgehead atoms. The molecule has 0 N–H and O–H groups in total. The minimum Gasteiger partial charge on any atom is -0.251 e. The monoisotopic (exact) mass is 391 g/mol. The number of hydrogen-bond donors (Lipinski definition) is 0. The van der Waals surface area contributed by atoms with Crippen LogP contribution in [-0.4, -0.2) is 25.5 Å². The first-order valence-electron chi connectivity index (χ1n) is 8.13. The molecule has 0 amide bonds. The van der Waals surface area contributed by atoms with Gasteiger partial charge >= 0.3 is 6.18 Å². The SMILES string of the molecule is CCSc1cc(C(C)(C)C#N)cnc1-n1cc2cnc(C(F)(F)F)cc2n1. The summed E-state index contributed by atoms with van der Waals surface area (Å²) < 4.78 is 40.0. The van der Waals surface area contributed by atoms with Gasteiger partial charge in [0.15, 0.2) is 5.82 Å². The van der Waals surface area contributed by atoms with Gasteiger partial charge in [0.1, 0.15) is 5.69 Å². The molecule has 3 heterocycles. The van der Waals surface area contributed by atoms with Crippen molar-refractivity contribution in [3.8, 4) is 11.9 Å². The van der Waals surface area contributed by atoms with E-state index < -0.39 is 17.3 Å². The Hall–Kier alpha value is -2.60. The summed E-state index contributed by atoms with van der Waals surface area (Å²) in [6.07, 6.45) is -0.172. The first kappa shape index (κ1) is 19.2. The predicted octanol–water partition coefficient (Wildman–Crippen LogP) is 4.75. The van der Waals surface area contributed by atoms with Crippen LogP contribution >= 0.6 is 11.8 Å². The van der Waals surface area contributed by atoms with Crippen molar-refractivity contribution in [2.24, 2.45) is 0 Å². The number of fused-ring (bicyclic) bond motifs is 1. The fourth-order valence-corrected chi connectivity index (χ4v) is 3.26. The van der Waals surface area contributed by atoms with E-state index in [1.54, 1.807) is 26.2 Å². The lowest BCUT2D eigenvalue weighted by molar-refractivity contribution is -0.141. The van der Waals surface area contributed by atoms with Crippen LogP contribution in [0.1, 0.15) is 32.0 Å². The van der Waals surface area contributed by atoms with Gasteiger partial charge in [0.05, 0.1) is 21.9 Å². The smallest absolute Gasteiger partial charge is 0.251 e. The third kappa shape index (κ3) is 3.76. The zero-order valence-electron chi connectivity index (χ0n) is 14.9. The molecule has 0 saturated heterocycles. The molecular formula is C18H16F3N5S. The van der Waals surface area contributed by atoms with Gasteiger partial charge in [0.2, 0.25) is 0 Å². The quantitative estimate of drug-likeness (QED) is 0.601. The van der Waals surface area contributed by atoms with Crippen LogP contribution in [0.5, 0.6) is 0 Å². The topological polar surface area (TPSA) is 67.4 Å². The molecule has 0 atom stereocenters. The van der Waals surface area contributed by atoms with E-state index in [0.717, 1.165) is 28.5 Å². The second kappa shape index (κ2) is 6.85. The van der Waals surface area contributed by atoms with Crippen molar-refractivity contribution in [3.05, 3.63) is 42.0 Å². The summed E-state index contributed by atoms with van der Waals surface area (Å²) in [6, 6.07) is 5.04. The summed E-state index contributed by atoms with van der Waals surface area (Å²) in [5, 5.41) is 14.1. The molecule has 3 aromatic rings. The van der Waals surface area contributed by atoms with E-state index in [4.69, 9.17) is 0 Å². The molecule has 3 aromatic heterocycles. The molecule has 5 nitrogen and oxygen atoms in total. The van der Waals surface area contributed by atoms with Crippen LogP contribution < -0.4 is 0 Å². The van der Waals surface area contributed by atoms with Gasteiger partial charge in [0, 0.05) is 24.0 Å². The van der Waals surface area contributed by atoms with Gasteiger partial charge in [-0.3, -0.25) is 4.98 Å². The summed E-state index contributed by atoms with van der Waals surface area (Å²) in [4.78, 5) is 8.70. The average molecular weight is 391 g/mol. The zero-order valence-corrected chi connectivity index (χ0v) is 15.7. The number of alkyl halides is 3. The van der Waals surface area contributed by atoms with Crippen LogP contribution in [0.2, 0.25) is 0 Å². The summed E-state index contributed by atoms with van der Waals surface area (Å²) in [5.74, 6) is 1.27. The fraction of sp³-hybridized carbons (Fsp3) is 0.333. The molecule has 0 aliphatic heterocycles. The first-order valence-corrected chi connectivity index (χ1v) is 9.12. The summed E-state index contributed by atoms with van der Waals surface area (Å²) in [7, 11) is 0. The highest BCUT2D eigenvalue weighted by Gasteiger charge is 2.33. The Morgan fingerprint density at radius 1 is 1.19 bits per heavy atom. The van der Waals surface area contributed by atoms with E-state index >= 15 is 0 Å². The first-order chi connectivity index (χ1) is 12.7. The Labute approximate surface area is 158 Å². The number of pyridine rings is 2. The molecule has 27 heavy (non-hydrogen) atoms. The molecule has 0 radical (unpaired) electrons. The van der Waals surface area contributed by atoms with Crippen LogP contribution in [0.15, 0.2) is 35.6 Å². The van der Waals surface area contributed by atoms with Crippen molar-refractivity contribution < 1.29 is 13.2 Å². The molecule has 0 spiro atoms. The highest BCUT2D eigenvalue weighted by atomic mass is 32.2. The summed E-state index contributed by atoms with van der Waals surface area (Å²) in [5.41, 5.74) is -0.729. The van der Waals surface area contributed by atoms with Crippen molar-refractivity contribution in [1.29, 1.82) is 5.26 Å². The molecule has 9 heteroatoms. The van der Waals surface area contributed by atoms with E-state index in [2.05, 4.69) is 21.1 Å². The largest absolute Gasteiger partial charge is 0.433 e. The second-order valence-corrected chi connectivity index (χ2v) is 7.72. The van der Waals surface area contributed by atoms with Crippen molar-refractivity contribution in [3.63, 3.8) is 0 Å². The van der Waals surface area contributed by atoms with Crippen LogP contribution in [-0.2, 0) is 11.6 Å². The molecule has 3 rings (SSSR count). The average Bonchev–Trinajstić information content (AvgIpc) is 3.04. The Morgan fingerprint density at radius 2 is 1.93 bits per heavy atom. The molecule has 0 fully saturated rings. The number of halogens is 3. The van der Waals surface area contributed by atoms with Crippen LogP contribution in [0.3, 0.4) is 0 Å². The van der Waals surface area contributed by atoms with Crippen molar-refractivity contribution in [2.45, 2.75) is 37.3 Å². The van der Waals surface area contributed by atoms with E-state index in [1.165, 1.54) is 16.4 Å². The van der Waals surface area contributed by atoms with Crippen molar-refractivity contribution >= 4 is 22.7 Å². The number of nitriles is 1. The molecule has 0 unspecified atom stereocenters. The maximum absolute atomic E-state index is 12.9. The van der Waals surface area contributed by atoms with Gasteiger partial charge in [-0.15, -0.1) is 11.8 Å². The molecule has 0 aliphatic rings. The predicted molar refractivity (Wildman–Crippen MR) is 96.7 cm³/mol. The summed E-state index contributed by atoms with van der Waals surface area (Å²) in [6.45, 7) is 5.59. The number of thioether (sulfide) groups is 1. The third-order valence-corrected chi connectivity index (χ3v) is 4.93. The highest BCUT2D eigenvalue weighted by molar-refractivity contribution is 7.99. The lowest BCUT2D eigenvalue weighted by atomic mass is 9.88. The molecule has 0 saturated carbocycles. The Kier molecular flexibility index (Phi) is 4.86. The Morgan fingerprint density at radius 3 is 2.56 bits per heavy atom. The van der Waals surface area contributed by atoms with Crippen molar-refractivity contribution in [1.82, 2.24) is 19.7 Å². The zero-order chi connectivity index (χ0) is 19.8. The normalized spacial score (nSPS) is 12.3. The minimum absolute atomic E-state index is 0.188. The van der Waals surface area contributed by atoms with Crippen LogP contribution in [0.4, 0.5) is 13.2 Å². The molecular weight excluding hydrogens is 375 g/mol. The maximum Gasteiger partial charge on any atom is 0.433 e. The lowest BCUT2D eigenvalue weighted by Crippen LogP contribution is -2.15. The maximum atomic E-state index is 12.9. The van der Waals surface area contributed by atoms with Crippen LogP contribution in [0, 0.1) is 11.3 Å². The second-order valence-electron chi connectivity index (χ2n) is 6.42. The van der Waals surface area contributed by atoms with Gasteiger partial charge in [-0.25, -0.2) is 9.67 Å². The van der Waals surface area contributed by atoms with E-state index in [9.17, 15) is 18.4 Å². The van der Waals surface area contributed by atoms with E-state index in [0.29, 0.717) is 11.2 Å². The lowest BCUT2D eigenvalue weighted by Gasteiger charge is -2.17. The van der Waals surface area contributed by atoms with Gasteiger partial charge in [0.25, 0.3) is 0 Å². The number of nitrogens with zero attached hydrogens (tertiary/aromatic N) is 5. The molecule has 0 aromatic carbocycles. The Balaban J connectivity index is 2.11. The van der Waals surface area contributed by atoms with Gasteiger partial charge in [-0.1, -0.05) is 6.92 Å². The van der Waals surface area contributed by atoms with Gasteiger partial charge in [-0.2, -0.15) is 23.5 Å². The number of hydrogen-bond acceptors (Lipinski definition) is 5. The fourth-order valence-electron chi connectivity index (χ4n) is 2.46. The Bertz CT molecular complexity index is 1030. The molecule has 140 valence electrons. The van der Waals surface area contributed by atoms with E-state index in [-0.39, 0.29) is 5.52 Å². The van der Waals surface area contributed by atoms with Crippen LogP contribution in [0.25, 0.3) is 16.7 Å². The van der Waals surface area contributed by atoms with Gasteiger partial charge in [-0.05, 0) is 37.3 Å². The number of rotatable bonds is 4. The summed E-state index contributed by atoms with van der Waals surface area (Å²) >= 11 is 1.53. The van der Waals surface area contributed by atoms with Crippen molar-refractivity contribution in [2.75, 3.05) is 5.75 Å².